The van der Waals surface area contributed by atoms with Crippen LogP contribution in [0.3, 0.4) is 0 Å². The number of hydrogen-bond acceptors (Lipinski definition) is 29. The standard InChI is InChI=1S/2C17H21N5O2S.C17H19N5OS.C13H14BrN3O.C7H3BrFN.C6H12N2O.C4H6N2S.H2O2/c2*1-10-8-15(25-22-10)21-14-9-11(5-6-12(14)16(18)23)20-13-4-2-3-7-19-17(13)24;1-11-8-16(24-22-11)21-15-9-13(6-5-12(15)10-18)20-14-4-2-3-7-19-17(14)23;14-11-7-10(5-4-9(11)8-15)17-12-3-1-2-6-16-13(12)18;8-7-3-6(9)2-1-5(7)4-10;7-5-3-1-2-4-8-6(5)9;1-3-2-4(5)7-6-3;1-2/h2*5-6,8-9,13,20-21H,2-4,7H2,1H3,(H2,18,23)(H,19,24);5-6,8-9,14,20-21H,2-4,7H2,1H3,(H,19,23);4-5,7,12,17H,1-3,6H2,(H,16,18);1-3H;5H,1-4,7H2,(H,8,9);2H,5H2,1H3;1-2H. The highest BCUT2D eigenvalue weighted by Gasteiger charge is 2.26. The van der Waals surface area contributed by atoms with Crippen LogP contribution >= 0.6 is 78.0 Å². The first kappa shape index (κ1) is 95.7. The van der Waals surface area contributed by atoms with Gasteiger partial charge in [-0.1, -0.05) is 0 Å². The van der Waals surface area contributed by atoms with Crippen LogP contribution < -0.4 is 86.7 Å². The molecule has 39 heteroatoms. The second-order valence-electron chi connectivity index (χ2n) is 27.7. The number of nitriles is 3. The molecule has 5 atom stereocenters. The zero-order valence-electron chi connectivity index (χ0n) is 66.5. The summed E-state index contributed by atoms with van der Waals surface area (Å²) in [6.07, 6.45) is 14.2. The lowest BCUT2D eigenvalue weighted by atomic mass is 10.1. The van der Waals surface area contributed by atoms with Gasteiger partial charge in [-0.3, -0.25) is 44.1 Å². The largest absolute Gasteiger partial charge is 0.389 e. The van der Waals surface area contributed by atoms with Crippen LogP contribution in [0.4, 0.5) is 64.2 Å². The molecular weight excluding hydrogens is 1750 g/mol. The molecule has 9 aromatic rings. The summed E-state index contributed by atoms with van der Waals surface area (Å²) < 4.78 is 30.2. The van der Waals surface area contributed by atoms with Crippen molar-refractivity contribution in [2.75, 3.05) is 75.7 Å². The Morgan fingerprint density at radius 2 is 0.733 bits per heavy atom. The predicted octanol–water partition coefficient (Wildman–Crippen LogP) is 13.4. The maximum absolute atomic E-state index is 12.3. The van der Waals surface area contributed by atoms with Crippen LogP contribution in [0.1, 0.15) is 156 Å². The summed E-state index contributed by atoms with van der Waals surface area (Å²) in [5.74, 6) is -1.27. The molecule has 0 saturated carbocycles. The third-order valence-corrected chi connectivity index (χ3v) is 22.6. The monoisotopic (exact) mass is 1840 g/mol. The second-order valence-corrected chi connectivity index (χ2v) is 32.7. The van der Waals surface area contributed by atoms with Gasteiger partial charge >= 0.3 is 0 Å². The molecule has 4 aromatic heterocycles. The molecule has 22 N–H and O–H groups in total. The minimum absolute atomic E-state index is 0.00377. The number of nitrogens with zero attached hydrogens (tertiary/aromatic N) is 7. The van der Waals surface area contributed by atoms with E-state index in [0.717, 1.165) is 199 Å². The molecule has 32 nitrogen and oxygen atoms in total. The minimum Gasteiger partial charge on any atom is -0.389 e. The summed E-state index contributed by atoms with van der Waals surface area (Å²) >= 11 is 11.7. The average molecular weight is 1840 g/mol. The molecule has 5 fully saturated rings. The Morgan fingerprint density at radius 3 is 1.05 bits per heavy atom. The summed E-state index contributed by atoms with van der Waals surface area (Å²) in [5, 5.41) is 78.8. The smallest absolute Gasteiger partial charge is 0.250 e. The van der Waals surface area contributed by atoms with Crippen molar-refractivity contribution in [3.8, 4) is 18.2 Å². The average Bonchev–Trinajstić information content (AvgIpc) is 1.60. The van der Waals surface area contributed by atoms with Crippen LogP contribution in [-0.4, -0.2) is 132 Å². The van der Waals surface area contributed by atoms with Crippen LogP contribution in [-0.2, 0) is 24.0 Å². The number of benzene rings is 5. The van der Waals surface area contributed by atoms with E-state index in [2.05, 4.69) is 125 Å². The zero-order valence-corrected chi connectivity index (χ0v) is 72.9. The maximum atomic E-state index is 12.3. The second kappa shape index (κ2) is 50.5. The Balaban J connectivity index is 0.000000200. The van der Waals surface area contributed by atoms with Gasteiger partial charge in [0.1, 0.15) is 68.2 Å². The molecule has 5 aromatic carbocycles. The van der Waals surface area contributed by atoms with Crippen molar-refractivity contribution < 1.29 is 48.5 Å². The quantitative estimate of drug-likeness (QED) is 0.0315. The van der Waals surface area contributed by atoms with Crippen LogP contribution in [0.15, 0.2) is 124 Å². The third kappa shape index (κ3) is 32.4. The van der Waals surface area contributed by atoms with Gasteiger partial charge in [0, 0.05) is 64.4 Å². The van der Waals surface area contributed by atoms with E-state index in [4.69, 9.17) is 44.0 Å². The molecule has 5 aliphatic heterocycles. The van der Waals surface area contributed by atoms with Gasteiger partial charge in [0.05, 0.1) is 73.7 Å². The van der Waals surface area contributed by atoms with Crippen molar-refractivity contribution >= 4 is 179 Å². The van der Waals surface area contributed by atoms with Gasteiger partial charge in [-0.05, 0) is 317 Å². The normalized spacial score (nSPS) is 17.2. The maximum Gasteiger partial charge on any atom is 0.250 e. The van der Waals surface area contributed by atoms with E-state index < -0.39 is 11.8 Å². The van der Waals surface area contributed by atoms with Gasteiger partial charge in [0.2, 0.25) is 29.5 Å². The molecule has 5 aliphatic rings. The molecule has 0 spiro atoms. The van der Waals surface area contributed by atoms with Crippen molar-refractivity contribution in [3.63, 3.8) is 0 Å². The van der Waals surface area contributed by atoms with E-state index in [1.807, 2.05) is 82.3 Å². The lowest BCUT2D eigenvalue weighted by molar-refractivity contribution is -0.176. The predicted molar refractivity (Wildman–Crippen MR) is 478 cm³/mol. The molecule has 7 amide bonds. The van der Waals surface area contributed by atoms with Crippen LogP contribution in [0.2, 0.25) is 0 Å². The van der Waals surface area contributed by atoms with Crippen molar-refractivity contribution in [2.24, 2.45) is 17.2 Å². The molecule has 9 heterocycles. The molecule has 120 heavy (non-hydrogen) atoms. The van der Waals surface area contributed by atoms with Crippen molar-refractivity contribution in [1.82, 2.24) is 44.1 Å². The van der Waals surface area contributed by atoms with Crippen molar-refractivity contribution in [1.29, 1.82) is 15.8 Å². The van der Waals surface area contributed by atoms with Gasteiger partial charge < -0.3 is 86.7 Å². The number of carbonyl (C=O) groups is 7. The van der Waals surface area contributed by atoms with Crippen molar-refractivity contribution in [3.05, 3.63) is 181 Å². The van der Waals surface area contributed by atoms with E-state index in [1.165, 1.54) is 64.3 Å². The van der Waals surface area contributed by atoms with Gasteiger partial charge in [0.25, 0.3) is 11.8 Å². The van der Waals surface area contributed by atoms with Gasteiger partial charge in [0.15, 0.2) is 0 Å². The van der Waals surface area contributed by atoms with Gasteiger partial charge in [-0.25, -0.2) is 4.39 Å². The number of amides is 7. The first-order valence-corrected chi connectivity index (χ1v) is 43.1. The summed E-state index contributed by atoms with van der Waals surface area (Å²) in [6, 6.07) is 37.8. The van der Waals surface area contributed by atoms with E-state index >= 15 is 0 Å². The number of primary amides is 2. The fourth-order valence-electron chi connectivity index (χ4n) is 12.1. The highest BCUT2D eigenvalue weighted by molar-refractivity contribution is 9.10. The fourth-order valence-corrected chi connectivity index (χ4v) is 15.6. The van der Waals surface area contributed by atoms with Crippen LogP contribution in [0, 0.1) is 67.5 Å². The van der Waals surface area contributed by atoms with Crippen LogP contribution in [0.25, 0.3) is 0 Å². The number of aromatic nitrogens is 4. The first-order valence-electron chi connectivity index (χ1n) is 38.4. The lowest BCUT2D eigenvalue weighted by Gasteiger charge is -2.18. The number of halogens is 3. The lowest BCUT2D eigenvalue weighted by Crippen LogP contribution is -2.38. The Hall–Kier alpha value is -11.5. The van der Waals surface area contributed by atoms with E-state index in [-0.39, 0.29) is 65.6 Å². The highest BCUT2D eigenvalue weighted by atomic mass is 79.9. The summed E-state index contributed by atoms with van der Waals surface area (Å²) in [4.78, 5) is 82.2. The molecule has 0 bridgehead atoms. The highest BCUT2D eigenvalue weighted by Crippen LogP contribution is 2.33. The van der Waals surface area contributed by atoms with Gasteiger partial charge in [-0.2, -0.15) is 33.3 Å². The Morgan fingerprint density at radius 1 is 0.425 bits per heavy atom. The summed E-state index contributed by atoms with van der Waals surface area (Å²) in [5.41, 5.74) is 32.9. The molecule has 5 saturated heterocycles. The fraction of sp³-hybridized carbons (Fsp3) is 0.358. The van der Waals surface area contributed by atoms with Crippen molar-refractivity contribution in [2.45, 2.75) is 154 Å². The number of aryl methyl sites for hydroxylation is 4. The van der Waals surface area contributed by atoms with Gasteiger partial charge in [-0.15, -0.1) is 0 Å². The molecule has 14 rings (SSSR count). The number of anilines is 11. The molecule has 5 unspecified atom stereocenters. The summed E-state index contributed by atoms with van der Waals surface area (Å²) in [6.45, 7) is 11.4. The number of nitrogens with one attached hydrogen (secondary N) is 12. The zero-order chi connectivity index (χ0) is 87.0. The first-order chi connectivity index (χ1) is 57.7. The van der Waals surface area contributed by atoms with E-state index in [1.54, 1.807) is 48.5 Å². The molecular formula is C81H98Br2FN23O9S4. The Labute approximate surface area is 728 Å². The number of nitrogen functional groups attached to an aromatic ring is 1. The van der Waals surface area contributed by atoms with E-state index in [9.17, 15) is 43.2 Å². The topological polar surface area (TPSA) is 531 Å². The number of rotatable bonds is 16. The number of nitrogens with two attached hydrogens (primary N) is 4. The van der Waals surface area contributed by atoms with E-state index in [0.29, 0.717) is 49.4 Å². The number of carbonyl (C=O) groups excluding carboxylic acids is 7. The third-order valence-electron chi connectivity index (χ3n) is 18.2. The SMILES string of the molecule is Cc1cc(N)sn1.Cc1cc(Nc2cc(NC3CCCCNC3=O)ccc2C#N)sn1.Cc1cc(Nc2cc(NC3CCCCNC3=O)ccc2C(N)=O)sn1.Cc1cc(Nc2cc(NC3CCCCNC3=O)ccc2C(N)=O)sn1.N#Cc1ccc(F)cc1Br.N#Cc1ccc(NC2CCCCNC2=O)cc1Br.NC1CCCCNC1=O.OO. The number of hydrogen-bond donors (Lipinski definition) is 18. The Bertz CT molecular complexity index is 4900. The molecule has 0 aliphatic carbocycles. The molecule has 0 radical (unpaired) electrons. The van der Waals surface area contributed by atoms with Crippen LogP contribution in [0.5, 0.6) is 0 Å². The Kier molecular flexibility index (Phi) is 40.2. The molecule has 636 valence electrons. The summed E-state index contributed by atoms with van der Waals surface area (Å²) in [7, 11) is 0. The minimum atomic E-state index is -0.512.